The predicted molar refractivity (Wildman–Crippen MR) is 239 cm³/mol. The van der Waals surface area contributed by atoms with Gasteiger partial charge in [-0.25, -0.2) is 14.8 Å². The molecule has 3 N–H and O–H groups in total. The number of hydrogen-bond donors (Lipinski definition) is 3. The first-order chi connectivity index (χ1) is 29.5. The third kappa shape index (κ3) is 8.50. The number of H-pyrrole nitrogens is 2. The zero-order valence-corrected chi connectivity index (χ0v) is 37.4. The minimum atomic E-state index is -0.656. The van der Waals surface area contributed by atoms with E-state index in [2.05, 4.69) is 84.3 Å². The van der Waals surface area contributed by atoms with Crippen molar-refractivity contribution in [2.45, 2.75) is 130 Å². The van der Waals surface area contributed by atoms with E-state index in [4.69, 9.17) is 14.7 Å². The summed E-state index contributed by atoms with van der Waals surface area (Å²) in [5.41, 5.74) is 10.6. The average Bonchev–Trinajstić information content (AvgIpc) is 4.14. The highest BCUT2D eigenvalue weighted by Crippen LogP contribution is 2.53. The molecule has 3 fully saturated rings. The predicted octanol–water partition coefficient (Wildman–Crippen LogP) is 9.96. The summed E-state index contributed by atoms with van der Waals surface area (Å²) in [4.78, 5) is 59.8. The zero-order valence-electron chi connectivity index (χ0n) is 37.4. The molecular weight excluding hydrogens is 763 g/mol. The first-order valence-corrected chi connectivity index (χ1v) is 23.2. The SMILES string of the molecule is CCC1CCC2C(C3=CC=C(c4cnc(C5CCCN5C(=O)C(NC(=O)OC)C(C)C)[nH]4)CC3)=CC=C(C3=CC=C(c4cnc(C5CCCN5C(=O)C(C)C(C)C)[nH]4)CC3)C12. The lowest BCUT2D eigenvalue weighted by atomic mass is 9.69. The molecule has 11 heteroatoms. The summed E-state index contributed by atoms with van der Waals surface area (Å²) in [6, 6.07) is -0.775. The Bertz CT molecular complexity index is 2180. The Labute approximate surface area is 362 Å². The van der Waals surface area contributed by atoms with Crippen molar-refractivity contribution in [2.24, 2.45) is 35.5 Å². The molecule has 1 saturated carbocycles. The van der Waals surface area contributed by atoms with Gasteiger partial charge in [0, 0.05) is 19.0 Å². The van der Waals surface area contributed by atoms with E-state index < -0.39 is 12.1 Å². The van der Waals surface area contributed by atoms with Gasteiger partial charge in [0.25, 0.3) is 0 Å². The van der Waals surface area contributed by atoms with Crippen molar-refractivity contribution >= 4 is 29.1 Å². The average molecular weight is 830 g/mol. The Morgan fingerprint density at radius 1 is 0.705 bits per heavy atom. The van der Waals surface area contributed by atoms with Crippen LogP contribution in [0.4, 0.5) is 4.79 Å². The summed E-state index contributed by atoms with van der Waals surface area (Å²) in [6.07, 6.45) is 28.8. The fourth-order valence-electron chi connectivity index (χ4n) is 11.0. The number of nitrogens with zero attached hydrogens (tertiary/aromatic N) is 4. The number of hydrogen-bond acceptors (Lipinski definition) is 6. The van der Waals surface area contributed by atoms with E-state index in [9.17, 15) is 14.4 Å². The number of alkyl carbamates (subject to hydrolysis) is 1. The van der Waals surface area contributed by atoms with Crippen LogP contribution < -0.4 is 5.32 Å². The lowest BCUT2D eigenvalue weighted by Gasteiger charge is -2.35. The fourth-order valence-corrected chi connectivity index (χ4v) is 11.0. The van der Waals surface area contributed by atoms with Gasteiger partial charge in [-0.05, 0) is 127 Å². The quantitative estimate of drug-likeness (QED) is 0.195. The van der Waals surface area contributed by atoms with Crippen LogP contribution in [0.3, 0.4) is 0 Å². The molecule has 7 unspecified atom stereocenters. The van der Waals surface area contributed by atoms with E-state index in [1.165, 1.54) is 59.8 Å². The summed E-state index contributed by atoms with van der Waals surface area (Å²) < 4.78 is 4.80. The summed E-state index contributed by atoms with van der Waals surface area (Å²) >= 11 is 0. The fraction of sp³-hybridized carbons (Fsp3) is 0.580. The second-order valence-corrected chi connectivity index (χ2v) is 19.0. The number of amides is 3. The molecule has 4 heterocycles. The lowest BCUT2D eigenvalue weighted by molar-refractivity contribution is -0.137. The molecule has 6 aliphatic rings. The van der Waals surface area contributed by atoms with Crippen molar-refractivity contribution in [3.8, 4) is 0 Å². The number of nitrogens with one attached hydrogen (secondary N) is 3. The number of aromatic amines is 2. The minimum Gasteiger partial charge on any atom is -0.453 e. The number of carbonyl (C=O) groups is 3. The zero-order chi connectivity index (χ0) is 42.9. The molecule has 0 spiro atoms. The number of carbonyl (C=O) groups excluding carboxylic acids is 3. The first-order valence-electron chi connectivity index (χ1n) is 23.2. The van der Waals surface area contributed by atoms with Crippen LogP contribution in [-0.2, 0) is 14.3 Å². The van der Waals surface area contributed by atoms with Crippen LogP contribution in [0, 0.1) is 35.5 Å². The third-order valence-electron chi connectivity index (χ3n) is 14.9. The van der Waals surface area contributed by atoms with Crippen molar-refractivity contribution in [3.63, 3.8) is 0 Å². The monoisotopic (exact) mass is 830 g/mol. The Hall–Kier alpha value is -4.93. The first kappa shape index (κ1) is 42.7. The van der Waals surface area contributed by atoms with Gasteiger partial charge in [-0.1, -0.05) is 84.4 Å². The second kappa shape index (κ2) is 18.2. The summed E-state index contributed by atoms with van der Waals surface area (Å²) in [5, 5.41) is 2.74. The van der Waals surface area contributed by atoms with Gasteiger partial charge >= 0.3 is 6.09 Å². The Morgan fingerprint density at radius 3 is 1.74 bits per heavy atom. The van der Waals surface area contributed by atoms with Gasteiger partial charge in [0.2, 0.25) is 11.8 Å². The number of aromatic nitrogens is 4. The largest absolute Gasteiger partial charge is 0.453 e. The smallest absolute Gasteiger partial charge is 0.407 e. The molecule has 4 aliphatic carbocycles. The van der Waals surface area contributed by atoms with Gasteiger partial charge in [0.1, 0.15) is 17.7 Å². The summed E-state index contributed by atoms with van der Waals surface area (Å²) in [5.74, 6) is 3.89. The minimum absolute atomic E-state index is 0.0113. The molecule has 7 atom stereocenters. The van der Waals surface area contributed by atoms with Crippen molar-refractivity contribution in [2.75, 3.05) is 20.2 Å². The number of methoxy groups -OCH3 is 1. The highest BCUT2D eigenvalue weighted by atomic mass is 16.5. The van der Waals surface area contributed by atoms with Crippen LogP contribution in [0.1, 0.15) is 147 Å². The molecule has 0 bridgehead atoms. The summed E-state index contributed by atoms with van der Waals surface area (Å²) in [7, 11) is 1.32. The Kier molecular flexibility index (Phi) is 12.8. The standard InChI is InChI=1S/C50H67N7O4/c1-8-32-21-22-39-37(33-13-17-35(18-14-33)40-28-52-47(54-40)43-12-10-26-57(43)49(59)45(30(4)5)55-50(60)61-7)23-24-38(44(32)39)34-15-19-36(20-16-34)41-27-51-46(53-41)42-11-9-25-56(42)48(58)31(6)29(2)3/h13,15,17,19,23-24,27-32,39,42-45H,8-12,14,16,18,20-22,25-26H2,1-7H3,(H,51,53)(H,52,54)(H,55,60). The highest BCUT2D eigenvalue weighted by Gasteiger charge is 2.43. The van der Waals surface area contributed by atoms with Crippen molar-refractivity contribution < 1.29 is 19.1 Å². The van der Waals surface area contributed by atoms with Crippen LogP contribution in [-0.4, -0.2) is 73.9 Å². The molecule has 2 aliphatic heterocycles. The maximum Gasteiger partial charge on any atom is 0.407 e. The van der Waals surface area contributed by atoms with E-state index in [0.29, 0.717) is 30.2 Å². The van der Waals surface area contributed by atoms with Crippen LogP contribution in [0.5, 0.6) is 0 Å². The number of rotatable bonds is 12. The van der Waals surface area contributed by atoms with E-state index in [1.807, 2.05) is 31.1 Å². The molecular formula is C50H67N7O4. The Balaban J connectivity index is 0.969. The van der Waals surface area contributed by atoms with Crippen LogP contribution in [0.15, 0.2) is 71.1 Å². The van der Waals surface area contributed by atoms with E-state index in [1.54, 1.807) is 0 Å². The maximum atomic E-state index is 13.7. The molecule has 2 saturated heterocycles. The third-order valence-corrected chi connectivity index (χ3v) is 14.9. The van der Waals surface area contributed by atoms with Gasteiger partial charge in [-0.2, -0.15) is 0 Å². The van der Waals surface area contributed by atoms with Gasteiger partial charge in [0.05, 0.1) is 43.0 Å². The Morgan fingerprint density at radius 2 is 1.23 bits per heavy atom. The number of ether oxygens (including phenoxy) is 1. The van der Waals surface area contributed by atoms with Crippen molar-refractivity contribution in [1.82, 2.24) is 35.1 Å². The van der Waals surface area contributed by atoms with E-state index in [0.717, 1.165) is 80.9 Å². The number of imidazole rings is 2. The number of likely N-dealkylation sites (tertiary alicyclic amines) is 2. The van der Waals surface area contributed by atoms with Crippen molar-refractivity contribution in [3.05, 3.63) is 94.2 Å². The molecule has 326 valence electrons. The van der Waals surface area contributed by atoms with Gasteiger partial charge in [-0.15, -0.1) is 0 Å². The molecule has 61 heavy (non-hydrogen) atoms. The van der Waals surface area contributed by atoms with Crippen LogP contribution in [0.25, 0.3) is 11.1 Å². The van der Waals surface area contributed by atoms with Crippen molar-refractivity contribution in [1.29, 1.82) is 0 Å². The molecule has 8 rings (SSSR count). The number of fused-ring (bicyclic) bond motifs is 1. The maximum absolute atomic E-state index is 13.7. The van der Waals surface area contributed by atoms with Gasteiger partial charge in [-0.3, -0.25) is 9.59 Å². The molecule has 2 aromatic heterocycles. The van der Waals surface area contributed by atoms with E-state index >= 15 is 0 Å². The molecule has 3 amide bonds. The van der Waals surface area contributed by atoms with Crippen LogP contribution in [0.2, 0.25) is 0 Å². The van der Waals surface area contributed by atoms with Crippen LogP contribution >= 0.6 is 0 Å². The number of allylic oxidation sites excluding steroid dienone is 12. The molecule has 0 aromatic carbocycles. The lowest BCUT2D eigenvalue weighted by Crippen LogP contribution is -2.51. The molecule has 2 aromatic rings. The second-order valence-electron chi connectivity index (χ2n) is 19.0. The highest BCUT2D eigenvalue weighted by molar-refractivity contribution is 5.86. The van der Waals surface area contributed by atoms with Gasteiger partial charge in [0.15, 0.2) is 0 Å². The topological polar surface area (TPSA) is 136 Å². The van der Waals surface area contributed by atoms with E-state index in [-0.39, 0.29) is 35.7 Å². The molecule has 0 radical (unpaired) electrons. The molecule has 11 nitrogen and oxygen atoms in total. The normalized spacial score (nSPS) is 26.3. The summed E-state index contributed by atoms with van der Waals surface area (Å²) in [6.45, 7) is 14.0. The van der Waals surface area contributed by atoms with Gasteiger partial charge < -0.3 is 29.8 Å².